The monoisotopic (exact) mass is 252 g/mol. The van der Waals surface area contributed by atoms with Crippen LogP contribution in [0.3, 0.4) is 0 Å². The van der Waals surface area contributed by atoms with Gasteiger partial charge in [-0.05, 0) is 24.7 Å². The average Bonchev–Trinajstić information content (AvgIpc) is 2.71. The molecule has 3 aliphatic carbocycles. The summed E-state index contributed by atoms with van der Waals surface area (Å²) in [5.41, 5.74) is 0. The van der Waals surface area contributed by atoms with Gasteiger partial charge in [-0.1, -0.05) is 53.4 Å². The van der Waals surface area contributed by atoms with Crippen LogP contribution in [0.25, 0.3) is 0 Å². The first-order chi connectivity index (χ1) is 8.79. The van der Waals surface area contributed by atoms with Crippen molar-refractivity contribution >= 4 is 11.6 Å². The highest BCUT2D eigenvalue weighted by atomic mass is 16.2. The first kappa shape index (κ1) is 15.4. The minimum Gasteiger partial charge on any atom is -0.291 e. The lowest BCUT2D eigenvalue weighted by atomic mass is 9.65. The molecule has 0 N–H and O–H groups in total. The van der Waals surface area contributed by atoms with Gasteiger partial charge in [0.15, 0.2) is 0 Å². The Kier molecular flexibility index (Phi) is 6.04. The van der Waals surface area contributed by atoms with Gasteiger partial charge >= 0.3 is 0 Å². The Balaban J connectivity index is 0.000000371. The van der Waals surface area contributed by atoms with Crippen molar-refractivity contribution in [1.82, 2.24) is 0 Å². The Bertz CT molecular complexity index is 267. The van der Waals surface area contributed by atoms with Gasteiger partial charge in [0, 0.05) is 11.8 Å². The predicted molar refractivity (Wildman–Crippen MR) is 74.4 cm³/mol. The van der Waals surface area contributed by atoms with Crippen molar-refractivity contribution in [3.8, 4) is 0 Å². The van der Waals surface area contributed by atoms with E-state index in [4.69, 9.17) is 0 Å². The van der Waals surface area contributed by atoms with E-state index in [2.05, 4.69) is 0 Å². The van der Waals surface area contributed by atoms with Gasteiger partial charge in [0.25, 0.3) is 0 Å². The molecule has 2 unspecified atom stereocenters. The van der Waals surface area contributed by atoms with Crippen LogP contribution in [0.15, 0.2) is 0 Å². The summed E-state index contributed by atoms with van der Waals surface area (Å²) in [6, 6.07) is 0. The number of rotatable bonds is 0. The van der Waals surface area contributed by atoms with E-state index >= 15 is 0 Å². The van der Waals surface area contributed by atoms with Crippen molar-refractivity contribution in [1.29, 1.82) is 0 Å². The fourth-order valence-electron chi connectivity index (χ4n) is 4.03. The molecule has 3 aliphatic rings. The molecule has 2 heteroatoms. The summed E-state index contributed by atoms with van der Waals surface area (Å²) in [6.07, 6.45) is 6.83. The van der Waals surface area contributed by atoms with Gasteiger partial charge in [-0.3, -0.25) is 9.59 Å². The Labute approximate surface area is 112 Å². The van der Waals surface area contributed by atoms with E-state index in [0.29, 0.717) is 11.8 Å². The minimum absolute atomic E-state index is 0.0217. The molecule has 0 aromatic carbocycles. The summed E-state index contributed by atoms with van der Waals surface area (Å²) in [5.74, 6) is 1.37. The maximum absolute atomic E-state index is 11.7. The zero-order valence-electron chi connectivity index (χ0n) is 12.4. The van der Waals surface area contributed by atoms with Gasteiger partial charge in [0.05, 0.1) is 0 Å². The lowest BCUT2D eigenvalue weighted by molar-refractivity contribution is -0.137. The third kappa shape index (κ3) is 2.53. The van der Waals surface area contributed by atoms with Crippen LogP contribution in [0, 0.1) is 23.7 Å². The predicted octanol–water partition coefficient (Wildman–Crippen LogP) is 4.02. The molecular weight excluding hydrogens is 224 g/mol. The van der Waals surface area contributed by atoms with Crippen LogP contribution < -0.4 is 0 Å². The van der Waals surface area contributed by atoms with Crippen LogP contribution in [0.2, 0.25) is 0 Å². The molecule has 18 heavy (non-hydrogen) atoms. The summed E-state index contributed by atoms with van der Waals surface area (Å²) in [4.78, 5) is 23.5. The van der Waals surface area contributed by atoms with Crippen molar-refractivity contribution in [2.45, 2.75) is 66.2 Å². The smallest absolute Gasteiger partial charge is 0.202 e. The molecule has 2 nitrogen and oxygen atoms in total. The molecule has 3 rings (SSSR count). The number of Topliss-reactive ketones (excluding diaryl/α,β-unsaturated/α-hetero) is 2. The quantitative estimate of drug-likeness (QED) is 0.610. The Morgan fingerprint density at radius 3 is 1.50 bits per heavy atom. The van der Waals surface area contributed by atoms with E-state index in [1.807, 2.05) is 27.7 Å². The molecule has 2 atom stereocenters. The SMILES string of the molecule is CC.CC.O=C1C(=O)C2CCCC3CCCC1C32. The largest absolute Gasteiger partial charge is 0.291 e. The van der Waals surface area contributed by atoms with E-state index in [1.54, 1.807) is 0 Å². The zero-order chi connectivity index (χ0) is 13.7. The summed E-state index contributed by atoms with van der Waals surface area (Å²) in [6.45, 7) is 8.00. The van der Waals surface area contributed by atoms with E-state index in [1.165, 1.54) is 12.8 Å². The van der Waals surface area contributed by atoms with Gasteiger partial charge in [0.1, 0.15) is 0 Å². The van der Waals surface area contributed by atoms with Gasteiger partial charge < -0.3 is 0 Å². The van der Waals surface area contributed by atoms with Crippen LogP contribution in [0.4, 0.5) is 0 Å². The number of hydrogen-bond donors (Lipinski definition) is 0. The third-order valence-electron chi connectivity index (χ3n) is 4.57. The summed E-state index contributed by atoms with van der Waals surface area (Å²) in [5, 5.41) is 0. The molecular formula is C16H28O2. The molecule has 0 radical (unpaired) electrons. The highest BCUT2D eigenvalue weighted by Gasteiger charge is 2.54. The Hall–Kier alpha value is -0.660. The normalized spacial score (nSPS) is 36.9. The van der Waals surface area contributed by atoms with Crippen molar-refractivity contribution in [2.24, 2.45) is 23.7 Å². The number of hydrogen-bond acceptors (Lipinski definition) is 2. The lowest BCUT2D eigenvalue weighted by Crippen LogP contribution is -2.33. The second-order valence-corrected chi connectivity index (χ2v) is 5.14. The Morgan fingerprint density at radius 2 is 1.11 bits per heavy atom. The van der Waals surface area contributed by atoms with Crippen molar-refractivity contribution < 1.29 is 9.59 Å². The molecule has 0 heterocycles. The first-order valence-corrected chi connectivity index (χ1v) is 7.87. The molecule has 0 saturated heterocycles. The van der Waals surface area contributed by atoms with E-state index < -0.39 is 0 Å². The van der Waals surface area contributed by atoms with Gasteiger partial charge in [-0.2, -0.15) is 0 Å². The average molecular weight is 252 g/mol. The van der Waals surface area contributed by atoms with E-state index in [9.17, 15) is 9.59 Å². The number of carbonyl (C=O) groups excluding carboxylic acids is 2. The molecule has 0 spiro atoms. The first-order valence-electron chi connectivity index (χ1n) is 7.87. The van der Waals surface area contributed by atoms with Crippen LogP contribution >= 0.6 is 0 Å². The maximum atomic E-state index is 11.7. The molecule has 104 valence electrons. The standard InChI is InChI=1S/C12H16O2.2C2H6/c13-11-8-5-1-3-7-4-2-6-9(10(7)8)12(11)14;2*1-2/h7-10H,1-6H2;2*1-2H3. The van der Waals surface area contributed by atoms with Gasteiger partial charge in [-0.25, -0.2) is 0 Å². The second-order valence-electron chi connectivity index (χ2n) is 5.14. The van der Waals surface area contributed by atoms with Crippen LogP contribution in [-0.2, 0) is 9.59 Å². The highest BCUT2D eigenvalue weighted by Crippen LogP contribution is 2.51. The molecule has 3 saturated carbocycles. The van der Waals surface area contributed by atoms with Crippen LogP contribution in [-0.4, -0.2) is 11.6 Å². The molecule has 0 amide bonds. The second kappa shape index (κ2) is 7.06. The topological polar surface area (TPSA) is 34.1 Å². The molecule has 0 aromatic rings. The molecule has 0 aromatic heterocycles. The fraction of sp³-hybridized carbons (Fsp3) is 0.875. The van der Waals surface area contributed by atoms with Crippen molar-refractivity contribution in [3.05, 3.63) is 0 Å². The third-order valence-corrected chi connectivity index (χ3v) is 4.57. The van der Waals surface area contributed by atoms with Crippen molar-refractivity contribution in [2.75, 3.05) is 0 Å². The van der Waals surface area contributed by atoms with Crippen LogP contribution in [0.5, 0.6) is 0 Å². The van der Waals surface area contributed by atoms with Crippen LogP contribution in [0.1, 0.15) is 66.2 Å². The summed E-state index contributed by atoms with van der Waals surface area (Å²) < 4.78 is 0. The zero-order valence-corrected chi connectivity index (χ0v) is 12.4. The molecule has 0 bridgehead atoms. The van der Waals surface area contributed by atoms with Crippen molar-refractivity contribution in [3.63, 3.8) is 0 Å². The van der Waals surface area contributed by atoms with Gasteiger partial charge in [0.2, 0.25) is 11.6 Å². The molecule has 3 fully saturated rings. The lowest BCUT2D eigenvalue weighted by Gasteiger charge is -2.39. The van der Waals surface area contributed by atoms with E-state index in [0.717, 1.165) is 25.7 Å². The minimum atomic E-state index is -0.0217. The fourth-order valence-corrected chi connectivity index (χ4v) is 4.03. The Morgan fingerprint density at radius 1 is 0.722 bits per heavy atom. The summed E-state index contributed by atoms with van der Waals surface area (Å²) >= 11 is 0. The van der Waals surface area contributed by atoms with Gasteiger partial charge in [-0.15, -0.1) is 0 Å². The maximum Gasteiger partial charge on any atom is 0.202 e. The molecule has 0 aliphatic heterocycles. The summed E-state index contributed by atoms with van der Waals surface area (Å²) in [7, 11) is 0. The highest BCUT2D eigenvalue weighted by molar-refractivity contribution is 6.41. The number of ketones is 2. The number of carbonyl (C=O) groups is 2. The van der Waals surface area contributed by atoms with E-state index in [-0.39, 0.29) is 23.4 Å².